The Hall–Kier alpha value is -1.43. The maximum atomic E-state index is 12.1. The van der Waals surface area contributed by atoms with E-state index in [4.69, 9.17) is 5.11 Å². The van der Waals surface area contributed by atoms with Gasteiger partial charge in [-0.05, 0) is 32.6 Å². The number of unbranched alkanes of at least 4 members (excludes halogenated alkanes) is 1. The first kappa shape index (κ1) is 15.9. The van der Waals surface area contributed by atoms with Gasteiger partial charge in [0.2, 0.25) is 5.91 Å². The van der Waals surface area contributed by atoms with Crippen LogP contribution < -0.4 is 5.32 Å². The number of aryl methyl sites for hydroxylation is 1. The number of rotatable bonds is 7. The van der Waals surface area contributed by atoms with Gasteiger partial charge in [-0.1, -0.05) is 12.8 Å². The summed E-state index contributed by atoms with van der Waals surface area (Å²) in [6, 6.07) is 0. The third-order valence-electron chi connectivity index (χ3n) is 3.91. The van der Waals surface area contributed by atoms with E-state index >= 15 is 0 Å². The van der Waals surface area contributed by atoms with Gasteiger partial charge in [-0.2, -0.15) is 0 Å². The molecule has 0 unspecified atom stereocenters. The molecule has 116 valence electrons. The molecule has 0 spiro atoms. The summed E-state index contributed by atoms with van der Waals surface area (Å²) in [4.78, 5) is 27.2. The van der Waals surface area contributed by atoms with Gasteiger partial charge in [0.05, 0.1) is 5.54 Å². The minimum atomic E-state index is -0.805. The fourth-order valence-corrected chi connectivity index (χ4v) is 3.85. The fraction of sp³-hybridized carbons (Fsp3) is 0.667. The van der Waals surface area contributed by atoms with Crippen LogP contribution in [-0.4, -0.2) is 22.0 Å². The predicted octanol–water partition coefficient (Wildman–Crippen LogP) is 2.98. The molecule has 21 heavy (non-hydrogen) atoms. The van der Waals surface area contributed by atoms with Crippen molar-refractivity contribution in [3.63, 3.8) is 0 Å². The average Bonchev–Trinajstić information content (AvgIpc) is 3.04. The number of carbonyl (C=O) groups is 2. The Balaban J connectivity index is 1.91. The van der Waals surface area contributed by atoms with E-state index in [0.717, 1.165) is 36.4 Å². The number of hydrogen-bond acceptors (Lipinski definition) is 4. The van der Waals surface area contributed by atoms with E-state index in [1.807, 2.05) is 12.3 Å². The molecule has 5 nitrogen and oxygen atoms in total. The van der Waals surface area contributed by atoms with E-state index < -0.39 is 5.97 Å². The van der Waals surface area contributed by atoms with Crippen LogP contribution >= 0.6 is 11.3 Å². The lowest BCUT2D eigenvalue weighted by Crippen LogP contribution is -2.43. The molecule has 0 bridgehead atoms. The third kappa shape index (κ3) is 4.27. The largest absolute Gasteiger partial charge is 0.481 e. The van der Waals surface area contributed by atoms with Gasteiger partial charge in [0, 0.05) is 23.9 Å². The number of amides is 1. The van der Waals surface area contributed by atoms with Crippen LogP contribution in [0.15, 0.2) is 5.38 Å². The predicted molar refractivity (Wildman–Crippen MR) is 81.2 cm³/mol. The van der Waals surface area contributed by atoms with Gasteiger partial charge in [-0.3, -0.25) is 9.59 Å². The summed E-state index contributed by atoms with van der Waals surface area (Å²) in [6.07, 6.45) is 5.79. The molecule has 2 rings (SSSR count). The minimum Gasteiger partial charge on any atom is -0.481 e. The van der Waals surface area contributed by atoms with Crippen LogP contribution in [0.3, 0.4) is 0 Å². The standard InChI is InChI=1S/C15H22N2O3S/c1-11-10-21-14(16-11)15(8-4-5-9-15)17-12(18)6-2-3-7-13(19)20/h10H,2-9H2,1H3,(H,17,18)(H,19,20). The number of aromatic nitrogens is 1. The molecule has 0 radical (unpaired) electrons. The van der Waals surface area contributed by atoms with Crippen molar-refractivity contribution in [2.24, 2.45) is 0 Å². The van der Waals surface area contributed by atoms with Crippen LogP contribution in [0.2, 0.25) is 0 Å². The highest BCUT2D eigenvalue weighted by Gasteiger charge is 2.39. The van der Waals surface area contributed by atoms with Crippen molar-refractivity contribution < 1.29 is 14.7 Å². The summed E-state index contributed by atoms with van der Waals surface area (Å²) < 4.78 is 0. The van der Waals surface area contributed by atoms with Crippen LogP contribution in [0.1, 0.15) is 62.1 Å². The second kappa shape index (κ2) is 7.02. The van der Waals surface area contributed by atoms with Crippen LogP contribution in [0.4, 0.5) is 0 Å². The fourth-order valence-electron chi connectivity index (χ4n) is 2.84. The summed E-state index contributed by atoms with van der Waals surface area (Å²) >= 11 is 1.62. The summed E-state index contributed by atoms with van der Waals surface area (Å²) in [5.74, 6) is -0.795. The molecule has 1 aromatic rings. The lowest BCUT2D eigenvalue weighted by molar-refractivity contribution is -0.137. The maximum Gasteiger partial charge on any atom is 0.303 e. The topological polar surface area (TPSA) is 79.3 Å². The first-order chi connectivity index (χ1) is 10.0. The molecule has 2 N–H and O–H groups in total. The quantitative estimate of drug-likeness (QED) is 0.759. The monoisotopic (exact) mass is 310 g/mol. The summed E-state index contributed by atoms with van der Waals surface area (Å²) in [5, 5.41) is 14.8. The van der Waals surface area contributed by atoms with Crippen molar-refractivity contribution in [1.29, 1.82) is 0 Å². The highest BCUT2D eigenvalue weighted by molar-refractivity contribution is 7.09. The van der Waals surface area contributed by atoms with Gasteiger partial charge in [0.1, 0.15) is 5.01 Å². The molecule has 0 saturated heterocycles. The Kier molecular flexibility index (Phi) is 5.33. The van der Waals surface area contributed by atoms with Gasteiger partial charge in [-0.15, -0.1) is 11.3 Å². The van der Waals surface area contributed by atoms with E-state index in [9.17, 15) is 9.59 Å². The van der Waals surface area contributed by atoms with Gasteiger partial charge in [-0.25, -0.2) is 4.98 Å². The summed E-state index contributed by atoms with van der Waals surface area (Å²) in [6.45, 7) is 1.97. The van der Waals surface area contributed by atoms with E-state index in [2.05, 4.69) is 10.3 Å². The Morgan fingerprint density at radius 2 is 2.00 bits per heavy atom. The number of carbonyl (C=O) groups excluding carboxylic acids is 1. The number of hydrogen-bond donors (Lipinski definition) is 2. The molecule has 0 aliphatic heterocycles. The van der Waals surface area contributed by atoms with Gasteiger partial charge < -0.3 is 10.4 Å². The highest BCUT2D eigenvalue weighted by atomic mass is 32.1. The molecule has 1 heterocycles. The van der Waals surface area contributed by atoms with E-state index in [0.29, 0.717) is 19.3 Å². The number of nitrogens with one attached hydrogen (secondary N) is 1. The molecule has 1 aliphatic rings. The number of carboxylic acid groups (broad SMARTS) is 1. The molecule has 1 aliphatic carbocycles. The first-order valence-electron chi connectivity index (χ1n) is 7.47. The van der Waals surface area contributed by atoms with E-state index in [1.165, 1.54) is 0 Å². The molecule has 6 heteroatoms. The van der Waals surface area contributed by atoms with Crippen molar-refractivity contribution in [1.82, 2.24) is 10.3 Å². The zero-order valence-corrected chi connectivity index (χ0v) is 13.2. The van der Waals surface area contributed by atoms with Crippen molar-refractivity contribution in [3.05, 3.63) is 16.1 Å². The maximum absolute atomic E-state index is 12.1. The lowest BCUT2D eigenvalue weighted by atomic mass is 9.98. The molecular weight excluding hydrogens is 288 g/mol. The molecule has 1 saturated carbocycles. The zero-order chi connectivity index (χ0) is 15.3. The van der Waals surface area contributed by atoms with Crippen LogP contribution in [0, 0.1) is 6.92 Å². The molecule has 1 aromatic heterocycles. The Bertz CT molecular complexity index is 507. The van der Waals surface area contributed by atoms with E-state index in [-0.39, 0.29) is 17.9 Å². The second-order valence-corrected chi connectivity index (χ2v) is 6.59. The third-order valence-corrected chi connectivity index (χ3v) is 5.07. The van der Waals surface area contributed by atoms with Crippen molar-refractivity contribution in [2.45, 2.75) is 63.8 Å². The molecule has 1 amide bonds. The van der Waals surface area contributed by atoms with Crippen molar-refractivity contribution >= 4 is 23.2 Å². The smallest absolute Gasteiger partial charge is 0.303 e. The average molecular weight is 310 g/mol. The van der Waals surface area contributed by atoms with Gasteiger partial charge in [0.15, 0.2) is 0 Å². The van der Waals surface area contributed by atoms with Crippen LogP contribution in [-0.2, 0) is 15.1 Å². The van der Waals surface area contributed by atoms with Crippen molar-refractivity contribution in [3.8, 4) is 0 Å². The van der Waals surface area contributed by atoms with E-state index in [1.54, 1.807) is 11.3 Å². The Morgan fingerprint density at radius 1 is 1.33 bits per heavy atom. The highest BCUT2D eigenvalue weighted by Crippen LogP contribution is 2.40. The van der Waals surface area contributed by atoms with Crippen molar-refractivity contribution in [2.75, 3.05) is 0 Å². The van der Waals surface area contributed by atoms with Gasteiger partial charge >= 0.3 is 5.97 Å². The summed E-state index contributed by atoms with van der Waals surface area (Å²) in [5.41, 5.74) is 0.708. The van der Waals surface area contributed by atoms with Crippen LogP contribution in [0.5, 0.6) is 0 Å². The number of nitrogens with zero attached hydrogens (tertiary/aromatic N) is 1. The SMILES string of the molecule is Cc1csc(C2(NC(=O)CCCCC(=O)O)CCCC2)n1. The number of thiazole rings is 1. The number of carboxylic acids is 1. The number of aliphatic carboxylic acids is 1. The first-order valence-corrected chi connectivity index (χ1v) is 8.35. The Labute approximate surface area is 128 Å². The normalized spacial score (nSPS) is 16.8. The second-order valence-electron chi connectivity index (χ2n) is 5.73. The molecular formula is C15H22N2O3S. The molecule has 0 aromatic carbocycles. The lowest BCUT2D eigenvalue weighted by Gasteiger charge is -2.28. The minimum absolute atomic E-state index is 0.00939. The summed E-state index contributed by atoms with van der Waals surface area (Å²) in [7, 11) is 0. The molecule has 1 fully saturated rings. The molecule has 0 atom stereocenters. The zero-order valence-electron chi connectivity index (χ0n) is 12.4. The van der Waals surface area contributed by atoms with Crippen LogP contribution in [0.25, 0.3) is 0 Å². The van der Waals surface area contributed by atoms with Gasteiger partial charge in [0.25, 0.3) is 0 Å². The Morgan fingerprint density at radius 3 is 2.57 bits per heavy atom.